The molecule has 2 aromatic rings. The van der Waals surface area contributed by atoms with Gasteiger partial charge in [-0.1, -0.05) is 48.5 Å². The van der Waals surface area contributed by atoms with Crippen LogP contribution in [0.4, 0.5) is 0 Å². The van der Waals surface area contributed by atoms with Gasteiger partial charge in [-0.3, -0.25) is 0 Å². The smallest absolute Gasteiger partial charge is 0.207 e. The highest BCUT2D eigenvalue weighted by atomic mass is 32.2. The summed E-state index contributed by atoms with van der Waals surface area (Å²) < 4.78 is 26.7. The fraction of sp³-hybridized carbons (Fsp3) is 0.133. The number of rotatable bonds is 5. The molecule has 0 fully saturated rings. The fourth-order valence-electron chi connectivity index (χ4n) is 1.82. The molecular formula is C15H14N2O2S. The minimum absolute atomic E-state index is 0.160. The number of nitrogens with zero attached hydrogens (tertiary/aromatic N) is 1. The quantitative estimate of drug-likeness (QED) is 0.915. The Morgan fingerprint density at radius 1 is 1.00 bits per heavy atom. The molecule has 1 N–H and O–H groups in total. The molecule has 0 bridgehead atoms. The molecule has 1 unspecified atom stereocenters. The lowest BCUT2D eigenvalue weighted by Crippen LogP contribution is -2.35. The van der Waals surface area contributed by atoms with Crippen molar-refractivity contribution in [2.75, 3.05) is 0 Å². The van der Waals surface area contributed by atoms with Gasteiger partial charge >= 0.3 is 0 Å². The molecule has 0 saturated heterocycles. The Balaban J connectivity index is 2.13. The van der Waals surface area contributed by atoms with Gasteiger partial charge in [0.05, 0.1) is 11.0 Å². The maximum atomic E-state index is 12.1. The van der Waals surface area contributed by atoms with E-state index in [0.29, 0.717) is 6.42 Å². The molecule has 20 heavy (non-hydrogen) atoms. The third-order valence-electron chi connectivity index (χ3n) is 2.79. The van der Waals surface area contributed by atoms with Crippen LogP contribution >= 0.6 is 0 Å². The van der Waals surface area contributed by atoms with Gasteiger partial charge in [0.2, 0.25) is 10.0 Å². The summed E-state index contributed by atoms with van der Waals surface area (Å²) in [6.45, 7) is 0. The van der Waals surface area contributed by atoms with Gasteiger partial charge in [0.25, 0.3) is 0 Å². The van der Waals surface area contributed by atoms with Crippen LogP contribution in [-0.4, -0.2) is 14.5 Å². The van der Waals surface area contributed by atoms with Crippen LogP contribution in [-0.2, 0) is 16.4 Å². The Hall–Kier alpha value is -2.16. The van der Waals surface area contributed by atoms with Gasteiger partial charge in [0, 0.05) is 6.42 Å². The van der Waals surface area contributed by atoms with E-state index in [1.54, 1.807) is 18.2 Å². The molecule has 2 aromatic carbocycles. The molecule has 0 radical (unpaired) electrons. The average molecular weight is 286 g/mol. The Morgan fingerprint density at radius 2 is 1.55 bits per heavy atom. The van der Waals surface area contributed by atoms with E-state index in [4.69, 9.17) is 5.26 Å². The van der Waals surface area contributed by atoms with Crippen molar-refractivity contribution in [1.82, 2.24) is 4.72 Å². The van der Waals surface area contributed by atoms with E-state index >= 15 is 0 Å². The monoisotopic (exact) mass is 286 g/mol. The first-order valence-corrected chi connectivity index (χ1v) is 7.61. The summed E-state index contributed by atoms with van der Waals surface area (Å²) in [7, 11) is -3.66. The number of benzene rings is 2. The molecule has 4 nitrogen and oxygen atoms in total. The van der Waals surface area contributed by atoms with Crippen LogP contribution in [0.5, 0.6) is 0 Å². The Bertz CT molecular complexity index is 692. The molecule has 0 aliphatic rings. The van der Waals surface area contributed by atoms with Crippen molar-refractivity contribution < 1.29 is 8.42 Å². The first-order chi connectivity index (χ1) is 9.62. The first-order valence-electron chi connectivity index (χ1n) is 6.13. The van der Waals surface area contributed by atoms with E-state index in [1.807, 2.05) is 36.4 Å². The predicted octanol–water partition coefficient (Wildman–Crippen LogP) is 2.10. The van der Waals surface area contributed by atoms with E-state index in [-0.39, 0.29) is 4.90 Å². The van der Waals surface area contributed by atoms with E-state index < -0.39 is 16.1 Å². The number of nitrogens with one attached hydrogen (secondary N) is 1. The third kappa shape index (κ3) is 3.67. The standard InChI is InChI=1S/C15H14N2O2S/c16-12-14(11-13-7-3-1-4-8-13)17-20(18,19)15-9-5-2-6-10-15/h1-10,14,17H,11H2. The van der Waals surface area contributed by atoms with E-state index in [2.05, 4.69) is 4.72 Å². The zero-order chi connectivity index (χ0) is 14.4. The first kappa shape index (κ1) is 14.3. The van der Waals surface area contributed by atoms with E-state index in [0.717, 1.165) is 5.56 Å². The highest BCUT2D eigenvalue weighted by Crippen LogP contribution is 2.10. The molecular weight excluding hydrogens is 272 g/mol. The molecule has 2 rings (SSSR count). The SMILES string of the molecule is N#CC(Cc1ccccc1)NS(=O)(=O)c1ccccc1. The topological polar surface area (TPSA) is 70.0 Å². The van der Waals surface area contributed by atoms with Gasteiger partial charge in [-0.05, 0) is 17.7 Å². The number of hydrogen-bond donors (Lipinski definition) is 1. The van der Waals surface area contributed by atoms with Crippen molar-refractivity contribution in [2.45, 2.75) is 17.4 Å². The summed E-state index contributed by atoms with van der Waals surface area (Å²) in [4.78, 5) is 0.160. The van der Waals surface area contributed by atoms with Crippen molar-refractivity contribution in [3.05, 3.63) is 66.2 Å². The number of hydrogen-bond acceptors (Lipinski definition) is 3. The van der Waals surface area contributed by atoms with Crippen molar-refractivity contribution in [3.8, 4) is 6.07 Å². The highest BCUT2D eigenvalue weighted by molar-refractivity contribution is 7.89. The molecule has 0 aliphatic carbocycles. The van der Waals surface area contributed by atoms with Crippen LogP contribution < -0.4 is 4.72 Å². The minimum Gasteiger partial charge on any atom is -0.207 e. The fourth-order valence-corrected chi connectivity index (χ4v) is 2.98. The Labute approximate surface area is 118 Å². The molecule has 102 valence electrons. The lowest BCUT2D eigenvalue weighted by Gasteiger charge is -2.12. The van der Waals surface area contributed by atoms with E-state index in [1.165, 1.54) is 12.1 Å². The van der Waals surface area contributed by atoms with Crippen molar-refractivity contribution in [3.63, 3.8) is 0 Å². The molecule has 0 amide bonds. The summed E-state index contributed by atoms with van der Waals surface area (Å²) in [6, 6.07) is 18.5. The third-order valence-corrected chi connectivity index (χ3v) is 4.28. The molecule has 1 atom stereocenters. The van der Waals surface area contributed by atoms with Gasteiger partial charge in [-0.15, -0.1) is 0 Å². The lowest BCUT2D eigenvalue weighted by atomic mass is 10.1. The Morgan fingerprint density at radius 3 is 2.10 bits per heavy atom. The van der Waals surface area contributed by atoms with Gasteiger partial charge in [-0.25, -0.2) is 8.42 Å². The van der Waals surface area contributed by atoms with Crippen LogP contribution in [0.2, 0.25) is 0 Å². The van der Waals surface area contributed by atoms with E-state index in [9.17, 15) is 8.42 Å². The normalized spacial score (nSPS) is 12.6. The predicted molar refractivity (Wildman–Crippen MR) is 76.3 cm³/mol. The second-order valence-electron chi connectivity index (χ2n) is 4.31. The second kappa shape index (κ2) is 6.33. The van der Waals surface area contributed by atoms with Gasteiger partial charge < -0.3 is 0 Å². The summed E-state index contributed by atoms with van der Waals surface area (Å²) in [6.07, 6.45) is 0.337. The summed E-state index contributed by atoms with van der Waals surface area (Å²) in [5.41, 5.74) is 0.912. The molecule has 0 spiro atoms. The zero-order valence-corrected chi connectivity index (χ0v) is 11.5. The summed E-state index contributed by atoms with van der Waals surface area (Å²) in [5, 5.41) is 9.12. The average Bonchev–Trinajstić information content (AvgIpc) is 2.48. The van der Waals surface area contributed by atoms with Crippen LogP contribution in [0.3, 0.4) is 0 Å². The maximum Gasteiger partial charge on any atom is 0.241 e. The summed E-state index contributed by atoms with van der Waals surface area (Å²) >= 11 is 0. The summed E-state index contributed by atoms with van der Waals surface area (Å²) in [5.74, 6) is 0. The van der Waals surface area contributed by atoms with Gasteiger partial charge in [0.15, 0.2) is 0 Å². The van der Waals surface area contributed by atoms with Crippen molar-refractivity contribution in [2.24, 2.45) is 0 Å². The lowest BCUT2D eigenvalue weighted by molar-refractivity contribution is 0.571. The molecule has 0 aromatic heterocycles. The zero-order valence-electron chi connectivity index (χ0n) is 10.7. The second-order valence-corrected chi connectivity index (χ2v) is 6.02. The molecule has 0 saturated carbocycles. The van der Waals surface area contributed by atoms with Crippen LogP contribution in [0, 0.1) is 11.3 Å². The van der Waals surface area contributed by atoms with Gasteiger partial charge in [0.1, 0.15) is 6.04 Å². The largest absolute Gasteiger partial charge is 0.241 e. The molecule has 0 heterocycles. The number of sulfonamides is 1. The van der Waals surface area contributed by atoms with Crippen LogP contribution in [0.1, 0.15) is 5.56 Å². The minimum atomic E-state index is -3.66. The molecule has 0 aliphatic heterocycles. The van der Waals surface area contributed by atoms with Crippen LogP contribution in [0.15, 0.2) is 65.6 Å². The Kier molecular flexibility index (Phi) is 4.51. The van der Waals surface area contributed by atoms with Crippen LogP contribution in [0.25, 0.3) is 0 Å². The number of nitriles is 1. The highest BCUT2D eigenvalue weighted by Gasteiger charge is 2.19. The maximum absolute atomic E-state index is 12.1. The van der Waals surface area contributed by atoms with Gasteiger partial charge in [-0.2, -0.15) is 9.98 Å². The van der Waals surface area contributed by atoms with Crippen molar-refractivity contribution in [1.29, 1.82) is 5.26 Å². The molecule has 5 heteroatoms. The van der Waals surface area contributed by atoms with Crippen molar-refractivity contribution >= 4 is 10.0 Å².